The van der Waals surface area contributed by atoms with Crippen LogP contribution in [0.25, 0.3) is 0 Å². The van der Waals surface area contributed by atoms with Crippen molar-refractivity contribution >= 4 is 5.91 Å². The van der Waals surface area contributed by atoms with Gasteiger partial charge in [0.05, 0.1) is 12.6 Å². The van der Waals surface area contributed by atoms with E-state index in [0.717, 1.165) is 37.3 Å². The van der Waals surface area contributed by atoms with Gasteiger partial charge in [-0.25, -0.2) is 4.98 Å². The standard InChI is InChI=1S/C18H24N4O2/c1-21-12-9-19-18(21)17(14-5-3-2-4-6-14)20-16(24)13-22-10-7-15(23)8-11-22/h2-6,9,12,15,17,23H,7-8,10-11,13H2,1H3,(H,20,24)/t17-/m1/s1. The molecule has 2 aromatic rings. The third kappa shape index (κ3) is 4.01. The van der Waals surface area contributed by atoms with Crippen LogP contribution in [-0.2, 0) is 11.8 Å². The maximum Gasteiger partial charge on any atom is 0.235 e. The van der Waals surface area contributed by atoms with E-state index in [1.165, 1.54) is 0 Å². The van der Waals surface area contributed by atoms with Crippen LogP contribution < -0.4 is 5.32 Å². The molecule has 0 radical (unpaired) electrons. The van der Waals surface area contributed by atoms with E-state index in [1.54, 1.807) is 6.20 Å². The van der Waals surface area contributed by atoms with E-state index in [9.17, 15) is 9.90 Å². The van der Waals surface area contributed by atoms with Gasteiger partial charge in [-0.2, -0.15) is 0 Å². The summed E-state index contributed by atoms with van der Waals surface area (Å²) in [5.41, 5.74) is 1.01. The minimum absolute atomic E-state index is 0.0248. The quantitative estimate of drug-likeness (QED) is 0.862. The summed E-state index contributed by atoms with van der Waals surface area (Å²) in [7, 11) is 1.93. The van der Waals surface area contributed by atoms with E-state index < -0.39 is 0 Å². The van der Waals surface area contributed by atoms with Gasteiger partial charge in [-0.15, -0.1) is 0 Å². The van der Waals surface area contributed by atoms with Crippen molar-refractivity contribution in [2.24, 2.45) is 7.05 Å². The summed E-state index contributed by atoms with van der Waals surface area (Å²) in [6.45, 7) is 1.86. The van der Waals surface area contributed by atoms with Crippen LogP contribution in [0.1, 0.15) is 30.3 Å². The zero-order valence-corrected chi connectivity index (χ0v) is 13.9. The topological polar surface area (TPSA) is 70.4 Å². The van der Waals surface area contributed by atoms with Crippen molar-refractivity contribution in [3.05, 3.63) is 54.1 Å². The number of rotatable bonds is 5. The number of likely N-dealkylation sites (tertiary alicyclic amines) is 1. The maximum absolute atomic E-state index is 12.5. The van der Waals surface area contributed by atoms with Gasteiger partial charge < -0.3 is 15.0 Å². The molecule has 2 N–H and O–H groups in total. The predicted octanol–water partition coefficient (Wildman–Crippen LogP) is 1.08. The molecule has 6 heteroatoms. The number of aryl methyl sites for hydroxylation is 1. The molecule has 1 atom stereocenters. The third-order valence-electron chi connectivity index (χ3n) is 4.48. The van der Waals surface area contributed by atoms with Crippen LogP contribution in [0.3, 0.4) is 0 Å². The molecule has 1 amide bonds. The number of carbonyl (C=O) groups excluding carboxylic acids is 1. The Balaban J connectivity index is 1.70. The summed E-state index contributed by atoms with van der Waals surface area (Å²) >= 11 is 0. The Hall–Kier alpha value is -2.18. The molecule has 24 heavy (non-hydrogen) atoms. The molecular formula is C18H24N4O2. The number of hydrogen-bond donors (Lipinski definition) is 2. The zero-order valence-electron chi connectivity index (χ0n) is 13.9. The summed E-state index contributed by atoms with van der Waals surface area (Å²) < 4.78 is 1.93. The van der Waals surface area contributed by atoms with Crippen molar-refractivity contribution in [1.29, 1.82) is 0 Å². The number of hydrogen-bond acceptors (Lipinski definition) is 4. The lowest BCUT2D eigenvalue weighted by Crippen LogP contribution is -2.43. The highest BCUT2D eigenvalue weighted by atomic mass is 16.3. The third-order valence-corrected chi connectivity index (χ3v) is 4.48. The van der Waals surface area contributed by atoms with Crippen LogP contribution in [0.2, 0.25) is 0 Å². The van der Waals surface area contributed by atoms with Gasteiger partial charge in [0.2, 0.25) is 5.91 Å². The van der Waals surface area contributed by atoms with Gasteiger partial charge in [-0.3, -0.25) is 9.69 Å². The van der Waals surface area contributed by atoms with Crippen molar-refractivity contribution in [1.82, 2.24) is 19.8 Å². The minimum atomic E-state index is -0.269. The molecule has 0 bridgehead atoms. The molecule has 1 aliphatic rings. The number of benzene rings is 1. The van der Waals surface area contributed by atoms with Crippen molar-refractivity contribution in [2.75, 3.05) is 19.6 Å². The fourth-order valence-corrected chi connectivity index (χ4v) is 3.08. The van der Waals surface area contributed by atoms with Gasteiger partial charge >= 0.3 is 0 Å². The van der Waals surface area contributed by atoms with Crippen molar-refractivity contribution in [2.45, 2.75) is 25.0 Å². The number of nitrogens with one attached hydrogen (secondary N) is 1. The van der Waals surface area contributed by atoms with Crippen LogP contribution in [-0.4, -0.2) is 51.2 Å². The van der Waals surface area contributed by atoms with E-state index in [0.29, 0.717) is 6.54 Å². The summed E-state index contributed by atoms with van der Waals surface area (Å²) in [6.07, 6.45) is 4.85. The Bertz CT molecular complexity index is 663. The lowest BCUT2D eigenvalue weighted by molar-refractivity contribution is -0.123. The molecule has 0 spiro atoms. The number of aliphatic hydroxyl groups is 1. The average Bonchev–Trinajstić information content (AvgIpc) is 3.01. The maximum atomic E-state index is 12.5. The first-order chi connectivity index (χ1) is 11.6. The number of aromatic nitrogens is 2. The van der Waals surface area contributed by atoms with Crippen LogP contribution in [0, 0.1) is 0 Å². The second kappa shape index (κ2) is 7.59. The number of carbonyl (C=O) groups is 1. The van der Waals surface area contributed by atoms with Crippen LogP contribution >= 0.6 is 0 Å². The molecule has 1 aliphatic heterocycles. The Morgan fingerprint density at radius 2 is 2.04 bits per heavy atom. The SMILES string of the molecule is Cn1ccnc1[C@H](NC(=O)CN1CCC(O)CC1)c1ccccc1. The second-order valence-corrected chi connectivity index (χ2v) is 6.31. The average molecular weight is 328 g/mol. The van der Waals surface area contributed by atoms with Crippen LogP contribution in [0.5, 0.6) is 0 Å². The first-order valence-corrected chi connectivity index (χ1v) is 8.35. The van der Waals surface area contributed by atoms with E-state index in [1.807, 2.05) is 48.1 Å². The van der Waals surface area contributed by atoms with E-state index in [-0.39, 0.29) is 18.1 Å². The lowest BCUT2D eigenvalue weighted by atomic mass is 10.1. The largest absolute Gasteiger partial charge is 0.393 e. The lowest BCUT2D eigenvalue weighted by Gasteiger charge is -2.29. The molecule has 0 aliphatic carbocycles. The monoisotopic (exact) mass is 328 g/mol. The highest BCUT2D eigenvalue weighted by Crippen LogP contribution is 2.20. The van der Waals surface area contributed by atoms with Gasteiger partial charge in [-0.1, -0.05) is 30.3 Å². The Kier molecular flexibility index (Phi) is 5.27. The summed E-state index contributed by atoms with van der Waals surface area (Å²) in [5, 5.41) is 12.7. The summed E-state index contributed by atoms with van der Waals surface area (Å²) in [6, 6.07) is 9.61. The Labute approximate surface area is 142 Å². The number of aliphatic hydroxyl groups excluding tert-OH is 1. The Morgan fingerprint density at radius 3 is 2.67 bits per heavy atom. The van der Waals surface area contributed by atoms with Crippen LogP contribution in [0.4, 0.5) is 0 Å². The normalized spacial score (nSPS) is 17.6. The molecular weight excluding hydrogens is 304 g/mol. The molecule has 3 rings (SSSR count). The minimum Gasteiger partial charge on any atom is -0.393 e. The predicted molar refractivity (Wildman–Crippen MR) is 91.3 cm³/mol. The smallest absolute Gasteiger partial charge is 0.235 e. The van der Waals surface area contributed by atoms with Gasteiger partial charge in [0.1, 0.15) is 11.9 Å². The first kappa shape index (κ1) is 16.7. The molecule has 1 saturated heterocycles. The highest BCUT2D eigenvalue weighted by molar-refractivity contribution is 5.79. The fraction of sp³-hybridized carbons (Fsp3) is 0.444. The van der Waals surface area contributed by atoms with E-state index in [4.69, 9.17) is 0 Å². The van der Waals surface area contributed by atoms with Gasteiger partial charge in [-0.05, 0) is 18.4 Å². The Morgan fingerprint density at radius 1 is 1.33 bits per heavy atom. The number of piperidine rings is 1. The molecule has 1 fully saturated rings. The molecule has 0 unspecified atom stereocenters. The molecule has 6 nitrogen and oxygen atoms in total. The van der Waals surface area contributed by atoms with Crippen molar-refractivity contribution in [3.8, 4) is 0 Å². The van der Waals surface area contributed by atoms with Gasteiger partial charge in [0.25, 0.3) is 0 Å². The first-order valence-electron chi connectivity index (χ1n) is 8.35. The fourth-order valence-electron chi connectivity index (χ4n) is 3.08. The van der Waals surface area contributed by atoms with Crippen molar-refractivity contribution in [3.63, 3.8) is 0 Å². The highest BCUT2D eigenvalue weighted by Gasteiger charge is 2.23. The number of imidazole rings is 1. The van der Waals surface area contributed by atoms with E-state index >= 15 is 0 Å². The summed E-state index contributed by atoms with van der Waals surface area (Å²) in [5.74, 6) is 0.784. The molecule has 128 valence electrons. The number of nitrogens with zero attached hydrogens (tertiary/aromatic N) is 3. The van der Waals surface area contributed by atoms with Gasteiger partial charge in [0.15, 0.2) is 0 Å². The molecule has 1 aromatic carbocycles. The molecule has 0 saturated carbocycles. The van der Waals surface area contributed by atoms with E-state index in [2.05, 4.69) is 15.2 Å². The number of amides is 1. The summed E-state index contributed by atoms with van der Waals surface area (Å²) in [4.78, 5) is 19.0. The second-order valence-electron chi connectivity index (χ2n) is 6.31. The molecule has 2 heterocycles. The van der Waals surface area contributed by atoms with Crippen molar-refractivity contribution < 1.29 is 9.90 Å². The van der Waals surface area contributed by atoms with Crippen LogP contribution in [0.15, 0.2) is 42.7 Å². The molecule has 1 aromatic heterocycles. The zero-order chi connectivity index (χ0) is 16.9. The van der Waals surface area contributed by atoms with Gasteiger partial charge in [0, 0.05) is 32.5 Å².